The van der Waals surface area contributed by atoms with Crippen molar-refractivity contribution in [3.05, 3.63) is 0 Å². The van der Waals surface area contributed by atoms with Crippen molar-refractivity contribution >= 4 is 18.5 Å². The third-order valence-corrected chi connectivity index (χ3v) is 1.31. The molecule has 60 valence electrons. The van der Waals surface area contributed by atoms with E-state index >= 15 is 0 Å². The fourth-order valence-electron chi connectivity index (χ4n) is 0.475. The van der Waals surface area contributed by atoms with Gasteiger partial charge in [-0.05, 0) is 14.1 Å². The number of thiol groups is 1. The van der Waals surface area contributed by atoms with Crippen molar-refractivity contribution in [3.63, 3.8) is 0 Å². The molecule has 0 fully saturated rings. The zero-order valence-corrected chi connectivity index (χ0v) is 7.32. The lowest BCUT2D eigenvalue weighted by Gasteiger charge is -2.09. The highest BCUT2D eigenvalue weighted by Gasteiger charge is 1.95. The molecule has 0 heterocycles. The average molecular weight is 162 g/mol. The van der Waals surface area contributed by atoms with Crippen LogP contribution >= 0.6 is 12.6 Å². The lowest BCUT2D eigenvalue weighted by Crippen LogP contribution is -2.31. The van der Waals surface area contributed by atoms with Gasteiger partial charge in [0.05, 0.1) is 5.75 Å². The van der Waals surface area contributed by atoms with Crippen LogP contribution in [0.3, 0.4) is 0 Å². The summed E-state index contributed by atoms with van der Waals surface area (Å²) in [6.45, 7) is 1.58. The van der Waals surface area contributed by atoms with Gasteiger partial charge in [-0.25, -0.2) is 0 Å². The number of hydrogen-bond donors (Lipinski definition) is 2. The van der Waals surface area contributed by atoms with Crippen LogP contribution in [0.2, 0.25) is 0 Å². The number of hydrogen-bond acceptors (Lipinski definition) is 3. The normalized spacial score (nSPS) is 10.0. The molecule has 0 saturated heterocycles. The van der Waals surface area contributed by atoms with Gasteiger partial charge in [-0.1, -0.05) is 0 Å². The van der Waals surface area contributed by atoms with Gasteiger partial charge in [-0.3, -0.25) is 4.79 Å². The minimum atomic E-state index is -0.00909. The van der Waals surface area contributed by atoms with E-state index in [0.717, 1.165) is 6.54 Å². The van der Waals surface area contributed by atoms with Crippen molar-refractivity contribution in [2.75, 3.05) is 32.9 Å². The molecule has 1 amide bonds. The maximum Gasteiger partial charge on any atom is 0.229 e. The van der Waals surface area contributed by atoms with Crippen LogP contribution in [0.5, 0.6) is 0 Å². The predicted octanol–water partition coefficient (Wildman–Crippen LogP) is -0.406. The summed E-state index contributed by atoms with van der Waals surface area (Å²) in [5.74, 6) is 0.262. The predicted molar refractivity (Wildman–Crippen MR) is 45.4 cm³/mol. The van der Waals surface area contributed by atoms with Gasteiger partial charge in [-0.2, -0.15) is 12.6 Å². The van der Waals surface area contributed by atoms with Gasteiger partial charge < -0.3 is 10.2 Å². The standard InChI is InChI=1S/C6H14N2OS/c1-8(2)4-3-7-6(9)5-10/h10H,3-5H2,1-2H3,(H,7,9). The molecule has 0 rings (SSSR count). The topological polar surface area (TPSA) is 32.3 Å². The molecule has 0 aliphatic heterocycles. The van der Waals surface area contributed by atoms with Crippen LogP contribution in [0, 0.1) is 0 Å². The summed E-state index contributed by atoms with van der Waals surface area (Å²) in [6, 6.07) is 0. The van der Waals surface area contributed by atoms with E-state index in [-0.39, 0.29) is 11.7 Å². The van der Waals surface area contributed by atoms with Gasteiger partial charge >= 0.3 is 0 Å². The van der Waals surface area contributed by atoms with Crippen molar-refractivity contribution < 1.29 is 4.79 Å². The molecule has 3 nitrogen and oxygen atoms in total. The Kier molecular flexibility index (Phi) is 5.43. The van der Waals surface area contributed by atoms with Crippen LogP contribution in [0.25, 0.3) is 0 Å². The van der Waals surface area contributed by atoms with E-state index in [2.05, 4.69) is 17.9 Å². The maximum absolute atomic E-state index is 10.6. The van der Waals surface area contributed by atoms with E-state index in [1.807, 2.05) is 19.0 Å². The summed E-state index contributed by atoms with van der Waals surface area (Å²) in [4.78, 5) is 12.6. The van der Waals surface area contributed by atoms with E-state index in [9.17, 15) is 4.79 Å². The van der Waals surface area contributed by atoms with Gasteiger partial charge in [0.25, 0.3) is 0 Å². The molecule has 0 radical (unpaired) electrons. The first-order chi connectivity index (χ1) is 4.66. The SMILES string of the molecule is CN(C)CCNC(=O)CS. The minimum absolute atomic E-state index is 0.00909. The molecule has 1 N–H and O–H groups in total. The van der Waals surface area contributed by atoms with Gasteiger partial charge in [0.15, 0.2) is 0 Å². The number of rotatable bonds is 4. The molecular formula is C6H14N2OS. The second kappa shape index (κ2) is 5.56. The molecule has 0 aromatic carbocycles. The zero-order valence-electron chi connectivity index (χ0n) is 6.42. The van der Waals surface area contributed by atoms with Crippen LogP contribution in [-0.2, 0) is 4.79 Å². The Morgan fingerprint density at radius 2 is 2.20 bits per heavy atom. The fraction of sp³-hybridized carbons (Fsp3) is 0.833. The van der Waals surface area contributed by atoms with E-state index in [4.69, 9.17) is 0 Å². The molecular weight excluding hydrogens is 148 g/mol. The van der Waals surface area contributed by atoms with Crippen LogP contribution < -0.4 is 5.32 Å². The van der Waals surface area contributed by atoms with E-state index in [0.29, 0.717) is 6.54 Å². The monoisotopic (exact) mass is 162 g/mol. The van der Waals surface area contributed by atoms with Crippen molar-refractivity contribution in [2.45, 2.75) is 0 Å². The van der Waals surface area contributed by atoms with E-state index < -0.39 is 0 Å². The molecule has 0 spiro atoms. The summed E-state index contributed by atoms with van der Waals surface area (Å²) in [7, 11) is 3.93. The quantitative estimate of drug-likeness (QED) is 0.551. The van der Waals surface area contributed by atoms with Crippen molar-refractivity contribution in [3.8, 4) is 0 Å². The van der Waals surface area contributed by atoms with Crippen molar-refractivity contribution in [2.24, 2.45) is 0 Å². The summed E-state index contributed by atoms with van der Waals surface area (Å²) < 4.78 is 0. The maximum atomic E-state index is 10.6. The molecule has 0 aromatic heterocycles. The van der Waals surface area contributed by atoms with E-state index in [1.165, 1.54) is 0 Å². The largest absolute Gasteiger partial charge is 0.354 e. The summed E-state index contributed by atoms with van der Waals surface area (Å²) >= 11 is 3.81. The molecule has 0 aliphatic rings. The Bertz CT molecular complexity index is 106. The second-order valence-corrected chi connectivity index (χ2v) is 2.63. The van der Waals surface area contributed by atoms with Crippen LogP contribution in [0.15, 0.2) is 0 Å². The first kappa shape index (κ1) is 9.78. The van der Waals surface area contributed by atoms with E-state index in [1.54, 1.807) is 0 Å². The molecule has 0 atom stereocenters. The lowest BCUT2D eigenvalue weighted by atomic mass is 10.5. The molecule has 10 heavy (non-hydrogen) atoms. The Morgan fingerprint density at radius 3 is 2.60 bits per heavy atom. The highest BCUT2D eigenvalue weighted by Crippen LogP contribution is 1.74. The van der Waals surface area contributed by atoms with Gasteiger partial charge in [-0.15, -0.1) is 0 Å². The highest BCUT2D eigenvalue weighted by molar-refractivity contribution is 7.81. The third kappa shape index (κ3) is 5.91. The molecule has 0 unspecified atom stereocenters. The van der Waals surface area contributed by atoms with Crippen LogP contribution in [0.4, 0.5) is 0 Å². The molecule has 4 heteroatoms. The van der Waals surface area contributed by atoms with Gasteiger partial charge in [0.2, 0.25) is 5.91 Å². The Hall–Kier alpha value is -0.220. The van der Waals surface area contributed by atoms with Crippen molar-refractivity contribution in [1.29, 1.82) is 0 Å². The Morgan fingerprint density at radius 1 is 1.60 bits per heavy atom. The summed E-state index contributed by atoms with van der Waals surface area (Å²) in [6.07, 6.45) is 0. The lowest BCUT2D eigenvalue weighted by molar-refractivity contribution is -0.118. The number of carbonyl (C=O) groups excluding carboxylic acids is 1. The number of nitrogens with one attached hydrogen (secondary N) is 1. The summed E-state index contributed by atoms with van der Waals surface area (Å²) in [5, 5.41) is 2.71. The van der Waals surface area contributed by atoms with Crippen LogP contribution in [-0.4, -0.2) is 43.7 Å². The molecule has 0 saturated carbocycles. The smallest absolute Gasteiger partial charge is 0.229 e. The van der Waals surface area contributed by atoms with Crippen molar-refractivity contribution in [1.82, 2.24) is 10.2 Å². The number of amides is 1. The third-order valence-electron chi connectivity index (χ3n) is 1.02. The number of nitrogens with zero attached hydrogens (tertiary/aromatic N) is 1. The molecule has 0 bridgehead atoms. The fourth-order valence-corrected chi connectivity index (χ4v) is 0.587. The van der Waals surface area contributed by atoms with Crippen LogP contribution in [0.1, 0.15) is 0 Å². The Balaban J connectivity index is 3.12. The number of likely N-dealkylation sites (N-methyl/N-ethyl adjacent to an activating group) is 1. The molecule has 0 aromatic rings. The summed E-state index contributed by atoms with van der Waals surface area (Å²) in [5.41, 5.74) is 0. The highest BCUT2D eigenvalue weighted by atomic mass is 32.1. The minimum Gasteiger partial charge on any atom is -0.354 e. The number of carbonyl (C=O) groups is 1. The first-order valence-corrected chi connectivity index (χ1v) is 3.82. The molecule has 0 aliphatic carbocycles. The zero-order chi connectivity index (χ0) is 7.98. The van der Waals surface area contributed by atoms with Gasteiger partial charge in [0, 0.05) is 13.1 Å². The Labute approximate surface area is 67.2 Å². The first-order valence-electron chi connectivity index (χ1n) is 3.19. The average Bonchev–Trinajstić information content (AvgIpc) is 1.87. The second-order valence-electron chi connectivity index (χ2n) is 2.31. The van der Waals surface area contributed by atoms with Gasteiger partial charge in [0.1, 0.15) is 0 Å².